The van der Waals surface area contributed by atoms with Crippen LogP contribution in [-0.2, 0) is 4.74 Å². The molecule has 0 unspecified atom stereocenters. The monoisotopic (exact) mass is 183 g/mol. The van der Waals surface area contributed by atoms with E-state index in [1.165, 1.54) is 45.2 Å². The Morgan fingerprint density at radius 2 is 1.92 bits per heavy atom. The molecular formula is C11H21NO. The second-order valence-electron chi connectivity index (χ2n) is 4.92. The maximum atomic E-state index is 5.41. The van der Waals surface area contributed by atoms with Gasteiger partial charge >= 0.3 is 0 Å². The van der Waals surface area contributed by atoms with Gasteiger partial charge in [-0.25, -0.2) is 0 Å². The van der Waals surface area contributed by atoms with Crippen LogP contribution < -0.4 is 0 Å². The van der Waals surface area contributed by atoms with E-state index < -0.39 is 0 Å². The van der Waals surface area contributed by atoms with Crippen LogP contribution in [0.2, 0.25) is 0 Å². The third-order valence-corrected chi connectivity index (χ3v) is 3.96. The summed E-state index contributed by atoms with van der Waals surface area (Å²) >= 11 is 0. The molecule has 1 saturated carbocycles. The van der Waals surface area contributed by atoms with Crippen molar-refractivity contribution in [3.63, 3.8) is 0 Å². The highest BCUT2D eigenvalue weighted by molar-refractivity contribution is 4.92. The molecule has 2 aliphatic rings. The van der Waals surface area contributed by atoms with Gasteiger partial charge in [-0.3, -0.25) is 0 Å². The molecule has 2 heteroatoms. The normalized spacial score (nSPS) is 41.5. The molecule has 1 aliphatic carbocycles. The number of likely N-dealkylation sites (tertiary alicyclic amines) is 1. The third kappa shape index (κ3) is 1.89. The fraction of sp³-hybridized carbons (Fsp3) is 1.00. The number of hydrogen-bond donors (Lipinski definition) is 0. The van der Waals surface area contributed by atoms with Crippen LogP contribution in [0.15, 0.2) is 0 Å². The van der Waals surface area contributed by atoms with Crippen LogP contribution in [0.25, 0.3) is 0 Å². The van der Waals surface area contributed by atoms with Crippen molar-refractivity contribution in [2.75, 3.05) is 27.2 Å². The Balaban J connectivity index is 1.90. The molecule has 0 atom stereocenters. The molecule has 1 aliphatic heterocycles. The predicted octanol–water partition coefficient (Wildman–Crippen LogP) is 1.90. The van der Waals surface area contributed by atoms with Gasteiger partial charge in [-0.2, -0.15) is 0 Å². The SMILES string of the molecule is COC1CCC2(CC1)CCN(C)C2. The zero-order valence-electron chi connectivity index (χ0n) is 8.88. The Kier molecular flexibility index (Phi) is 2.61. The minimum atomic E-state index is 0.552. The highest BCUT2D eigenvalue weighted by Crippen LogP contribution is 2.43. The largest absolute Gasteiger partial charge is 0.381 e. The number of rotatable bonds is 1. The summed E-state index contributed by atoms with van der Waals surface area (Å²) in [6.07, 6.45) is 7.30. The summed E-state index contributed by atoms with van der Waals surface area (Å²) in [5.74, 6) is 0. The molecule has 1 spiro atoms. The van der Waals surface area contributed by atoms with E-state index in [4.69, 9.17) is 4.74 Å². The first-order valence-electron chi connectivity index (χ1n) is 5.45. The molecule has 0 bridgehead atoms. The summed E-state index contributed by atoms with van der Waals surface area (Å²) < 4.78 is 5.41. The van der Waals surface area contributed by atoms with Gasteiger partial charge in [0.1, 0.15) is 0 Å². The quantitative estimate of drug-likeness (QED) is 0.615. The van der Waals surface area contributed by atoms with Crippen LogP contribution >= 0.6 is 0 Å². The predicted molar refractivity (Wildman–Crippen MR) is 53.8 cm³/mol. The first-order chi connectivity index (χ1) is 6.24. The number of nitrogens with zero attached hydrogens (tertiary/aromatic N) is 1. The van der Waals surface area contributed by atoms with E-state index in [2.05, 4.69) is 11.9 Å². The topological polar surface area (TPSA) is 12.5 Å². The Morgan fingerprint density at radius 1 is 1.23 bits per heavy atom. The van der Waals surface area contributed by atoms with Crippen LogP contribution in [0.1, 0.15) is 32.1 Å². The lowest BCUT2D eigenvalue weighted by molar-refractivity contribution is 0.0301. The van der Waals surface area contributed by atoms with Crippen molar-refractivity contribution in [3.8, 4) is 0 Å². The average molecular weight is 183 g/mol. The average Bonchev–Trinajstić information content (AvgIpc) is 2.49. The molecule has 0 amide bonds. The van der Waals surface area contributed by atoms with Crippen molar-refractivity contribution in [2.24, 2.45) is 5.41 Å². The zero-order valence-corrected chi connectivity index (χ0v) is 8.88. The molecule has 2 rings (SSSR count). The van der Waals surface area contributed by atoms with Crippen molar-refractivity contribution in [1.82, 2.24) is 4.90 Å². The van der Waals surface area contributed by atoms with Gasteiger partial charge in [-0.15, -0.1) is 0 Å². The van der Waals surface area contributed by atoms with Gasteiger partial charge in [-0.1, -0.05) is 0 Å². The van der Waals surface area contributed by atoms with Crippen molar-refractivity contribution in [3.05, 3.63) is 0 Å². The first-order valence-corrected chi connectivity index (χ1v) is 5.45. The number of ether oxygens (including phenoxy) is 1. The molecule has 76 valence electrons. The lowest BCUT2D eigenvalue weighted by atomic mass is 9.72. The van der Waals surface area contributed by atoms with Gasteiger partial charge in [0.05, 0.1) is 6.10 Å². The van der Waals surface area contributed by atoms with Gasteiger partial charge in [0.25, 0.3) is 0 Å². The molecule has 0 aromatic heterocycles. The molecular weight excluding hydrogens is 162 g/mol. The molecule has 2 fully saturated rings. The Hall–Kier alpha value is -0.0800. The Morgan fingerprint density at radius 3 is 2.38 bits per heavy atom. The summed E-state index contributed by atoms with van der Waals surface area (Å²) in [7, 11) is 4.10. The third-order valence-electron chi connectivity index (χ3n) is 3.96. The van der Waals surface area contributed by atoms with Crippen LogP contribution in [0.4, 0.5) is 0 Å². The Labute approximate surface area is 81.3 Å². The van der Waals surface area contributed by atoms with E-state index in [0.717, 1.165) is 0 Å². The minimum absolute atomic E-state index is 0.552. The number of methoxy groups -OCH3 is 1. The maximum absolute atomic E-state index is 5.41. The molecule has 13 heavy (non-hydrogen) atoms. The molecule has 0 radical (unpaired) electrons. The van der Waals surface area contributed by atoms with Gasteiger partial charge in [0.15, 0.2) is 0 Å². The zero-order chi connectivity index (χ0) is 9.31. The van der Waals surface area contributed by atoms with Gasteiger partial charge in [-0.05, 0) is 51.1 Å². The lowest BCUT2D eigenvalue weighted by Gasteiger charge is -2.36. The first kappa shape index (κ1) is 9.47. The van der Waals surface area contributed by atoms with E-state index >= 15 is 0 Å². The standard InChI is InChI=1S/C11H21NO/c1-12-8-7-11(9-12)5-3-10(13-2)4-6-11/h10H,3-9H2,1-2H3. The summed E-state index contributed by atoms with van der Waals surface area (Å²) in [5, 5.41) is 0. The van der Waals surface area contributed by atoms with E-state index in [9.17, 15) is 0 Å². The van der Waals surface area contributed by atoms with Crippen LogP contribution in [0, 0.1) is 5.41 Å². The van der Waals surface area contributed by atoms with E-state index in [1.807, 2.05) is 7.11 Å². The smallest absolute Gasteiger partial charge is 0.0571 e. The number of hydrogen-bond acceptors (Lipinski definition) is 2. The minimum Gasteiger partial charge on any atom is -0.381 e. The molecule has 1 saturated heterocycles. The second kappa shape index (κ2) is 3.58. The van der Waals surface area contributed by atoms with Gasteiger partial charge < -0.3 is 9.64 Å². The molecule has 1 heterocycles. The van der Waals surface area contributed by atoms with Crippen molar-refractivity contribution in [1.29, 1.82) is 0 Å². The molecule has 0 aromatic carbocycles. The fourth-order valence-electron chi connectivity index (χ4n) is 3.01. The molecule has 0 N–H and O–H groups in total. The summed E-state index contributed by atoms with van der Waals surface area (Å²) in [5.41, 5.74) is 0.670. The van der Waals surface area contributed by atoms with E-state index in [-0.39, 0.29) is 0 Å². The van der Waals surface area contributed by atoms with Crippen molar-refractivity contribution < 1.29 is 4.74 Å². The summed E-state index contributed by atoms with van der Waals surface area (Å²) in [4.78, 5) is 2.48. The highest BCUT2D eigenvalue weighted by Gasteiger charge is 2.39. The van der Waals surface area contributed by atoms with Crippen molar-refractivity contribution in [2.45, 2.75) is 38.2 Å². The van der Waals surface area contributed by atoms with Crippen LogP contribution in [-0.4, -0.2) is 38.3 Å². The second-order valence-corrected chi connectivity index (χ2v) is 4.92. The Bertz CT molecular complexity index is 173. The van der Waals surface area contributed by atoms with E-state index in [1.54, 1.807) is 0 Å². The van der Waals surface area contributed by atoms with Gasteiger partial charge in [0, 0.05) is 13.7 Å². The maximum Gasteiger partial charge on any atom is 0.0571 e. The lowest BCUT2D eigenvalue weighted by Crippen LogP contribution is -2.32. The highest BCUT2D eigenvalue weighted by atomic mass is 16.5. The van der Waals surface area contributed by atoms with E-state index in [0.29, 0.717) is 11.5 Å². The van der Waals surface area contributed by atoms with Crippen molar-refractivity contribution >= 4 is 0 Å². The molecule has 2 nitrogen and oxygen atoms in total. The van der Waals surface area contributed by atoms with Crippen LogP contribution in [0.5, 0.6) is 0 Å². The fourth-order valence-corrected chi connectivity index (χ4v) is 3.01. The summed E-state index contributed by atoms with van der Waals surface area (Å²) in [6.45, 7) is 2.63. The van der Waals surface area contributed by atoms with Crippen LogP contribution in [0.3, 0.4) is 0 Å². The van der Waals surface area contributed by atoms with Gasteiger partial charge in [0.2, 0.25) is 0 Å². The molecule has 0 aromatic rings. The summed E-state index contributed by atoms with van der Waals surface area (Å²) in [6, 6.07) is 0.